The Morgan fingerprint density at radius 1 is 1.17 bits per heavy atom. The van der Waals surface area contributed by atoms with Crippen LogP contribution in [0.2, 0.25) is 0 Å². The van der Waals surface area contributed by atoms with Crippen molar-refractivity contribution in [1.29, 1.82) is 0 Å². The van der Waals surface area contributed by atoms with E-state index in [2.05, 4.69) is 36.3 Å². The zero-order valence-electron chi connectivity index (χ0n) is 16.4. The molecule has 4 rings (SSSR count). The lowest BCUT2D eigenvalue weighted by Gasteiger charge is -2.07. The fraction of sp³-hybridized carbons (Fsp3) is 0.167. The van der Waals surface area contributed by atoms with Gasteiger partial charge < -0.3 is 14.2 Å². The van der Waals surface area contributed by atoms with Crippen molar-refractivity contribution in [2.45, 2.75) is 26.2 Å². The number of carbonyl (C=O) groups excluding carboxylic acids is 1. The number of hydrogen-bond donors (Lipinski definition) is 1. The zero-order chi connectivity index (χ0) is 20.2. The highest BCUT2D eigenvalue weighted by molar-refractivity contribution is 6.01. The first-order chi connectivity index (χ1) is 14.1. The maximum Gasteiger partial charge on any atom is 0.248 e. The van der Waals surface area contributed by atoms with Gasteiger partial charge >= 0.3 is 0 Å². The van der Waals surface area contributed by atoms with E-state index in [4.69, 9.17) is 8.83 Å². The number of benzene rings is 2. The fourth-order valence-electron chi connectivity index (χ4n) is 3.03. The van der Waals surface area contributed by atoms with Gasteiger partial charge in [-0.2, -0.15) is 0 Å². The SMILES string of the molecule is CCC(C)c1ccc2oc(-c3ccc(NC(=O)/C=C/c4ccco4)cc3)nc2c1. The smallest absolute Gasteiger partial charge is 0.248 e. The summed E-state index contributed by atoms with van der Waals surface area (Å²) in [5.41, 5.74) is 4.44. The number of aromatic nitrogens is 1. The number of nitrogens with one attached hydrogen (secondary N) is 1. The Hall–Kier alpha value is -3.60. The van der Waals surface area contributed by atoms with E-state index in [9.17, 15) is 4.79 Å². The van der Waals surface area contributed by atoms with Crippen molar-refractivity contribution in [1.82, 2.24) is 4.98 Å². The topological polar surface area (TPSA) is 68.3 Å². The number of fused-ring (bicyclic) bond motifs is 1. The Morgan fingerprint density at radius 3 is 2.72 bits per heavy atom. The molecule has 0 saturated carbocycles. The number of rotatable bonds is 6. The van der Waals surface area contributed by atoms with Gasteiger partial charge in [0.1, 0.15) is 11.3 Å². The minimum atomic E-state index is -0.228. The molecule has 0 aliphatic carbocycles. The van der Waals surface area contributed by atoms with Crippen LogP contribution in [0.4, 0.5) is 5.69 Å². The Labute approximate surface area is 169 Å². The third-order valence-corrected chi connectivity index (χ3v) is 4.93. The summed E-state index contributed by atoms with van der Waals surface area (Å²) >= 11 is 0. The molecule has 4 aromatic rings. The highest BCUT2D eigenvalue weighted by Crippen LogP contribution is 2.28. The van der Waals surface area contributed by atoms with E-state index in [0.29, 0.717) is 23.3 Å². The Kier molecular flexibility index (Phi) is 5.29. The summed E-state index contributed by atoms with van der Waals surface area (Å²) in [6.45, 7) is 4.38. The monoisotopic (exact) mass is 386 g/mol. The molecule has 1 unspecified atom stereocenters. The highest BCUT2D eigenvalue weighted by Gasteiger charge is 2.11. The van der Waals surface area contributed by atoms with Crippen LogP contribution in [-0.2, 0) is 4.79 Å². The van der Waals surface area contributed by atoms with Gasteiger partial charge in [-0.15, -0.1) is 0 Å². The summed E-state index contributed by atoms with van der Waals surface area (Å²) in [4.78, 5) is 16.7. The lowest BCUT2D eigenvalue weighted by molar-refractivity contribution is -0.111. The van der Waals surface area contributed by atoms with Crippen LogP contribution in [0.15, 0.2) is 75.8 Å². The number of carbonyl (C=O) groups is 1. The summed E-state index contributed by atoms with van der Waals surface area (Å²) in [6.07, 6.45) is 5.70. The predicted octanol–water partition coefficient (Wildman–Crippen LogP) is 6.25. The molecule has 0 radical (unpaired) electrons. The number of hydrogen-bond acceptors (Lipinski definition) is 4. The van der Waals surface area contributed by atoms with Crippen LogP contribution >= 0.6 is 0 Å². The lowest BCUT2D eigenvalue weighted by Crippen LogP contribution is -2.07. The molecule has 2 heterocycles. The minimum Gasteiger partial charge on any atom is -0.465 e. The van der Waals surface area contributed by atoms with Crippen LogP contribution in [-0.4, -0.2) is 10.9 Å². The molecule has 146 valence electrons. The third-order valence-electron chi connectivity index (χ3n) is 4.93. The van der Waals surface area contributed by atoms with E-state index in [-0.39, 0.29) is 5.91 Å². The summed E-state index contributed by atoms with van der Waals surface area (Å²) in [7, 11) is 0. The fourth-order valence-corrected chi connectivity index (χ4v) is 3.03. The average Bonchev–Trinajstić information content (AvgIpc) is 3.41. The van der Waals surface area contributed by atoms with Crippen LogP contribution in [0.5, 0.6) is 0 Å². The van der Waals surface area contributed by atoms with Crippen molar-refractivity contribution in [3.05, 3.63) is 78.3 Å². The van der Waals surface area contributed by atoms with Gasteiger partial charge in [0, 0.05) is 17.3 Å². The van der Waals surface area contributed by atoms with Crippen molar-refractivity contribution >= 4 is 28.8 Å². The molecule has 2 aromatic heterocycles. The first-order valence-corrected chi connectivity index (χ1v) is 9.66. The summed E-state index contributed by atoms with van der Waals surface area (Å²) in [5, 5.41) is 2.82. The average molecular weight is 386 g/mol. The second-order valence-electron chi connectivity index (χ2n) is 6.97. The molecule has 0 aliphatic heterocycles. The quantitative estimate of drug-likeness (QED) is 0.398. The maximum atomic E-state index is 12.0. The number of oxazole rings is 1. The molecule has 1 atom stereocenters. The van der Waals surface area contributed by atoms with Gasteiger partial charge in [0.05, 0.1) is 6.26 Å². The van der Waals surface area contributed by atoms with Crippen molar-refractivity contribution in [2.24, 2.45) is 0 Å². The number of furan rings is 1. The molecule has 0 aliphatic rings. The summed E-state index contributed by atoms with van der Waals surface area (Å²) < 4.78 is 11.1. The van der Waals surface area contributed by atoms with Gasteiger partial charge in [-0.1, -0.05) is 19.9 Å². The molecule has 1 N–H and O–H groups in total. The van der Waals surface area contributed by atoms with Crippen LogP contribution in [0.3, 0.4) is 0 Å². The van der Waals surface area contributed by atoms with Gasteiger partial charge in [-0.25, -0.2) is 4.98 Å². The van der Waals surface area contributed by atoms with Crippen LogP contribution in [0.25, 0.3) is 28.6 Å². The molecule has 0 fully saturated rings. The molecule has 0 saturated heterocycles. The van der Waals surface area contributed by atoms with Crippen LogP contribution in [0, 0.1) is 0 Å². The van der Waals surface area contributed by atoms with Crippen molar-refractivity contribution in [3.8, 4) is 11.5 Å². The molecular formula is C24H22N2O3. The van der Waals surface area contributed by atoms with Gasteiger partial charge in [0.2, 0.25) is 11.8 Å². The predicted molar refractivity (Wildman–Crippen MR) is 115 cm³/mol. The molecule has 29 heavy (non-hydrogen) atoms. The van der Waals surface area contributed by atoms with E-state index in [0.717, 1.165) is 23.1 Å². The summed E-state index contributed by atoms with van der Waals surface area (Å²) in [6, 6.07) is 17.1. The van der Waals surface area contributed by atoms with E-state index in [1.54, 1.807) is 24.5 Å². The molecule has 0 spiro atoms. The highest BCUT2D eigenvalue weighted by atomic mass is 16.3. The van der Waals surface area contributed by atoms with E-state index < -0.39 is 0 Å². The first-order valence-electron chi connectivity index (χ1n) is 9.66. The van der Waals surface area contributed by atoms with Gasteiger partial charge in [0.25, 0.3) is 0 Å². The largest absolute Gasteiger partial charge is 0.465 e. The molecule has 0 bridgehead atoms. The number of nitrogens with zero attached hydrogens (tertiary/aromatic N) is 1. The molecule has 2 aromatic carbocycles. The Balaban J connectivity index is 1.48. The van der Waals surface area contributed by atoms with E-state index >= 15 is 0 Å². The van der Waals surface area contributed by atoms with Gasteiger partial charge in [-0.05, 0) is 72.5 Å². The van der Waals surface area contributed by atoms with Crippen LogP contribution in [0.1, 0.15) is 37.5 Å². The first kappa shape index (κ1) is 18.7. The lowest BCUT2D eigenvalue weighted by atomic mass is 9.98. The van der Waals surface area contributed by atoms with Crippen molar-refractivity contribution in [2.75, 3.05) is 5.32 Å². The second kappa shape index (κ2) is 8.19. The van der Waals surface area contributed by atoms with Crippen molar-refractivity contribution < 1.29 is 13.6 Å². The van der Waals surface area contributed by atoms with E-state index in [1.807, 2.05) is 30.3 Å². The zero-order valence-corrected chi connectivity index (χ0v) is 16.4. The molecule has 1 amide bonds. The summed E-state index contributed by atoms with van der Waals surface area (Å²) in [5.74, 6) is 1.46. The van der Waals surface area contributed by atoms with Gasteiger partial charge in [0.15, 0.2) is 5.58 Å². The minimum absolute atomic E-state index is 0.228. The van der Waals surface area contributed by atoms with E-state index in [1.165, 1.54) is 11.6 Å². The Bertz CT molecular complexity index is 1140. The standard InChI is InChI=1S/C24H22N2O3/c1-3-16(2)18-8-12-22-21(15-18)26-24(29-22)17-6-9-19(10-7-17)25-23(27)13-11-20-5-4-14-28-20/h4-16H,3H2,1-2H3,(H,25,27)/b13-11+. The molecular weight excluding hydrogens is 364 g/mol. The maximum absolute atomic E-state index is 12.0. The van der Waals surface area contributed by atoms with Gasteiger partial charge in [-0.3, -0.25) is 4.79 Å². The van der Waals surface area contributed by atoms with Crippen molar-refractivity contribution in [3.63, 3.8) is 0 Å². The third kappa shape index (κ3) is 4.29. The van der Waals surface area contributed by atoms with Crippen LogP contribution < -0.4 is 5.32 Å². The number of anilines is 1. The normalized spacial score (nSPS) is 12.5. The molecule has 5 nitrogen and oxygen atoms in total. The second-order valence-corrected chi connectivity index (χ2v) is 6.97. The Morgan fingerprint density at radius 2 is 2.00 bits per heavy atom. The number of amides is 1. The molecule has 5 heteroatoms.